The minimum absolute atomic E-state index is 0.108. The highest BCUT2D eigenvalue weighted by Gasteiger charge is 2.30. The van der Waals surface area contributed by atoms with E-state index in [0.717, 1.165) is 102 Å². The molecule has 0 bridgehead atoms. The number of rotatable bonds is 83. The van der Waals surface area contributed by atoms with Gasteiger partial charge >= 0.3 is 39.5 Å². The Balaban J connectivity index is 5.27. The van der Waals surface area contributed by atoms with E-state index < -0.39 is 97.5 Å². The lowest BCUT2D eigenvalue weighted by molar-refractivity contribution is -0.161. The van der Waals surface area contributed by atoms with E-state index in [9.17, 15) is 43.2 Å². The summed E-state index contributed by atoms with van der Waals surface area (Å²) in [4.78, 5) is 73.2. The maximum absolute atomic E-state index is 13.1. The summed E-state index contributed by atoms with van der Waals surface area (Å²) in [6, 6.07) is 0. The second-order valence-corrected chi connectivity index (χ2v) is 33.8. The molecule has 0 aliphatic heterocycles. The quantitative estimate of drug-likeness (QED) is 0.0222. The molecule has 0 radical (unpaired) electrons. The van der Waals surface area contributed by atoms with Gasteiger partial charge in [0.1, 0.15) is 19.3 Å². The van der Waals surface area contributed by atoms with Gasteiger partial charge in [0.15, 0.2) is 12.2 Å². The summed E-state index contributed by atoms with van der Waals surface area (Å²) in [6.45, 7) is 9.75. The number of ether oxygens (including phenoxy) is 4. The maximum Gasteiger partial charge on any atom is 0.472 e. The van der Waals surface area contributed by atoms with Crippen molar-refractivity contribution in [2.45, 2.75) is 464 Å². The average molecular weight is 1510 g/mol. The number of hydrogen-bond donors (Lipinski definition) is 3. The number of aliphatic hydroxyl groups is 1. The molecule has 0 spiro atoms. The third kappa shape index (κ3) is 76.6. The number of hydrogen-bond acceptors (Lipinski definition) is 15. The Morgan fingerprint density at radius 1 is 0.282 bits per heavy atom. The van der Waals surface area contributed by atoms with Gasteiger partial charge in [-0.25, -0.2) is 9.13 Å². The third-order valence-corrected chi connectivity index (χ3v) is 22.0. The van der Waals surface area contributed by atoms with Crippen LogP contribution in [-0.2, 0) is 65.4 Å². The average Bonchev–Trinajstić information content (AvgIpc) is 0.907. The van der Waals surface area contributed by atoms with Crippen LogP contribution in [-0.4, -0.2) is 96.7 Å². The van der Waals surface area contributed by atoms with Crippen LogP contribution < -0.4 is 0 Å². The molecule has 3 N–H and O–H groups in total. The minimum Gasteiger partial charge on any atom is -0.462 e. The first-order valence-electron chi connectivity index (χ1n) is 43.5. The maximum atomic E-state index is 13.1. The number of carbonyl (C=O) groups excluding carboxylic acids is 4. The molecule has 0 saturated carbocycles. The molecule has 17 nitrogen and oxygen atoms in total. The third-order valence-electron chi connectivity index (χ3n) is 20.1. The highest BCUT2D eigenvalue weighted by Crippen LogP contribution is 2.45. The van der Waals surface area contributed by atoms with E-state index in [-0.39, 0.29) is 25.7 Å². The number of carbonyl (C=O) groups is 4. The summed E-state index contributed by atoms with van der Waals surface area (Å²) in [5, 5.41) is 10.7. The Kier molecular flexibility index (Phi) is 74.1. The Morgan fingerprint density at radius 2 is 0.495 bits per heavy atom. The van der Waals surface area contributed by atoms with E-state index in [2.05, 4.69) is 41.5 Å². The molecule has 0 aromatic carbocycles. The first-order valence-corrected chi connectivity index (χ1v) is 46.5. The molecular formula is C84H164O17P2. The van der Waals surface area contributed by atoms with Crippen molar-refractivity contribution in [2.24, 2.45) is 11.8 Å². The van der Waals surface area contributed by atoms with Crippen LogP contribution in [0.3, 0.4) is 0 Å². The summed E-state index contributed by atoms with van der Waals surface area (Å²) in [5.41, 5.74) is 0. The normalized spacial score (nSPS) is 14.1. The predicted octanol–water partition coefficient (Wildman–Crippen LogP) is 25.5. The van der Waals surface area contributed by atoms with Crippen LogP contribution in [0.25, 0.3) is 0 Å². The van der Waals surface area contributed by atoms with Gasteiger partial charge in [-0.2, -0.15) is 0 Å². The molecule has 0 fully saturated rings. The molecule has 19 heteroatoms. The molecular weight excluding hydrogens is 1340 g/mol. The van der Waals surface area contributed by atoms with E-state index in [1.165, 1.54) is 263 Å². The van der Waals surface area contributed by atoms with E-state index in [4.69, 9.17) is 37.0 Å². The highest BCUT2D eigenvalue weighted by molar-refractivity contribution is 7.47. The number of phosphoric ester groups is 2. The first kappa shape index (κ1) is 101. The monoisotopic (exact) mass is 1510 g/mol. The SMILES string of the molecule is CCCCCCCCCCCCCCCCCC(=O)O[C@H](COC(=O)CCCCCCCCCCCCCCC)COP(=O)(O)OC[C@H](O)COP(=O)(O)OC[C@@H](COC(=O)CCCCCCCCCCCCCCCCC(C)C)OC(=O)CCCCCCCCCCCCCCCCC(C)CC. The molecule has 612 valence electrons. The summed E-state index contributed by atoms with van der Waals surface area (Å²) in [7, 11) is -9.93. The molecule has 0 heterocycles. The van der Waals surface area contributed by atoms with Crippen LogP contribution >= 0.6 is 15.6 Å². The summed E-state index contributed by atoms with van der Waals surface area (Å²) in [6.07, 6.45) is 66.3. The molecule has 3 unspecified atom stereocenters. The Bertz CT molecular complexity index is 1980. The summed E-state index contributed by atoms with van der Waals surface area (Å²) >= 11 is 0. The molecule has 0 aromatic rings. The largest absolute Gasteiger partial charge is 0.472 e. The number of phosphoric acid groups is 2. The standard InChI is InChI=1S/C84H164O17P2/c1-7-10-12-14-16-18-20-22-23-32-38-44-50-56-62-68-83(88)100-79(72-94-81(86)66-60-54-48-42-36-28-21-19-17-15-13-11-8-2)74-98-102(90,91)96-70-78(85)71-97-103(92,93)99-75-80(73-95-82(87)67-61-55-49-43-37-31-26-24-29-34-40-46-52-58-64-76(4)5)101-84(89)69-63-57-51-45-39-33-27-25-30-35-41-47-53-59-65-77(6)9-3/h76-80,85H,7-75H2,1-6H3,(H,90,91)(H,92,93)/t77?,78-,79+,80+/m0/s1. The van der Waals surface area contributed by atoms with Gasteiger partial charge in [0, 0.05) is 25.7 Å². The van der Waals surface area contributed by atoms with Gasteiger partial charge in [0.2, 0.25) is 0 Å². The van der Waals surface area contributed by atoms with Crippen LogP contribution in [0.1, 0.15) is 446 Å². The van der Waals surface area contributed by atoms with Crippen LogP contribution in [0.2, 0.25) is 0 Å². The van der Waals surface area contributed by atoms with E-state index in [0.29, 0.717) is 25.7 Å². The van der Waals surface area contributed by atoms with Crippen molar-refractivity contribution in [3.05, 3.63) is 0 Å². The Labute approximate surface area is 632 Å². The van der Waals surface area contributed by atoms with Crippen LogP contribution in [0.4, 0.5) is 0 Å². The van der Waals surface area contributed by atoms with Crippen molar-refractivity contribution >= 4 is 39.5 Å². The zero-order chi connectivity index (χ0) is 75.6. The molecule has 0 rings (SSSR count). The predicted molar refractivity (Wildman–Crippen MR) is 423 cm³/mol. The fraction of sp³-hybridized carbons (Fsp3) is 0.952. The van der Waals surface area contributed by atoms with Gasteiger partial charge < -0.3 is 33.8 Å². The second kappa shape index (κ2) is 75.5. The van der Waals surface area contributed by atoms with Crippen molar-refractivity contribution in [1.29, 1.82) is 0 Å². The molecule has 0 aliphatic rings. The fourth-order valence-corrected chi connectivity index (χ4v) is 14.6. The topological polar surface area (TPSA) is 237 Å². The first-order chi connectivity index (χ1) is 49.9. The lowest BCUT2D eigenvalue weighted by Crippen LogP contribution is -2.30. The molecule has 6 atom stereocenters. The number of unbranched alkanes of at least 4 members (excludes halogenated alkanes) is 52. The van der Waals surface area contributed by atoms with Crippen molar-refractivity contribution in [1.82, 2.24) is 0 Å². The number of esters is 4. The van der Waals surface area contributed by atoms with Gasteiger partial charge in [-0.15, -0.1) is 0 Å². The number of aliphatic hydroxyl groups excluding tert-OH is 1. The van der Waals surface area contributed by atoms with Gasteiger partial charge in [0.05, 0.1) is 26.4 Å². The lowest BCUT2D eigenvalue weighted by atomic mass is 9.99. The summed E-state index contributed by atoms with van der Waals surface area (Å²) < 4.78 is 68.9. The van der Waals surface area contributed by atoms with Gasteiger partial charge in [-0.1, -0.05) is 395 Å². The summed E-state index contributed by atoms with van der Waals surface area (Å²) in [5.74, 6) is -0.456. The van der Waals surface area contributed by atoms with Crippen LogP contribution in [0, 0.1) is 11.8 Å². The van der Waals surface area contributed by atoms with Crippen molar-refractivity contribution in [3.8, 4) is 0 Å². The Hall–Kier alpha value is -1.94. The zero-order valence-corrected chi connectivity index (χ0v) is 69.4. The van der Waals surface area contributed by atoms with Crippen LogP contribution in [0.5, 0.6) is 0 Å². The van der Waals surface area contributed by atoms with Crippen molar-refractivity contribution < 1.29 is 80.2 Å². The van der Waals surface area contributed by atoms with Gasteiger partial charge in [-0.05, 0) is 37.5 Å². The van der Waals surface area contributed by atoms with Crippen molar-refractivity contribution in [2.75, 3.05) is 39.6 Å². The van der Waals surface area contributed by atoms with E-state index in [1.807, 2.05) is 0 Å². The molecule has 0 aliphatic carbocycles. The second-order valence-electron chi connectivity index (χ2n) is 30.9. The molecule has 0 amide bonds. The minimum atomic E-state index is -4.96. The van der Waals surface area contributed by atoms with Crippen LogP contribution in [0.15, 0.2) is 0 Å². The van der Waals surface area contributed by atoms with Gasteiger partial charge in [0.25, 0.3) is 0 Å². The molecule has 0 saturated heterocycles. The van der Waals surface area contributed by atoms with Crippen molar-refractivity contribution in [3.63, 3.8) is 0 Å². The van der Waals surface area contributed by atoms with Gasteiger partial charge in [-0.3, -0.25) is 37.3 Å². The Morgan fingerprint density at radius 3 is 0.738 bits per heavy atom. The molecule has 0 aromatic heterocycles. The molecule has 103 heavy (non-hydrogen) atoms. The zero-order valence-electron chi connectivity index (χ0n) is 67.6. The van der Waals surface area contributed by atoms with E-state index in [1.54, 1.807) is 0 Å². The van der Waals surface area contributed by atoms with E-state index >= 15 is 0 Å². The highest BCUT2D eigenvalue weighted by atomic mass is 31.2. The lowest BCUT2D eigenvalue weighted by Gasteiger charge is -2.21. The fourth-order valence-electron chi connectivity index (χ4n) is 13.0. The smallest absolute Gasteiger partial charge is 0.462 e.